The van der Waals surface area contributed by atoms with E-state index in [1.807, 2.05) is 0 Å². The summed E-state index contributed by atoms with van der Waals surface area (Å²) in [6.45, 7) is 1.36. The molecule has 0 aliphatic carbocycles. The first-order valence-corrected chi connectivity index (χ1v) is 4.98. The molecular weight excluding hydrogens is 259 g/mol. The van der Waals surface area contributed by atoms with Crippen LogP contribution in [0.1, 0.15) is 17.3 Å². The van der Waals surface area contributed by atoms with Crippen molar-refractivity contribution in [1.82, 2.24) is 0 Å². The smallest absolute Gasteiger partial charge is 0.405 e. The molecule has 0 aliphatic rings. The second-order valence-electron chi connectivity index (χ2n) is 3.28. The number of rotatable bonds is 3. The van der Waals surface area contributed by atoms with E-state index >= 15 is 0 Å². The molecule has 0 radical (unpaired) electrons. The molecule has 1 atom stereocenters. The Morgan fingerprint density at radius 1 is 1.47 bits per heavy atom. The number of carbonyl (C=O) groups excluding carboxylic acids is 1. The van der Waals surface area contributed by atoms with E-state index in [-0.39, 0.29) is 11.3 Å². The van der Waals surface area contributed by atoms with Gasteiger partial charge in [0.25, 0.3) is 0 Å². The summed E-state index contributed by atoms with van der Waals surface area (Å²) < 4.78 is 40.1. The first-order chi connectivity index (χ1) is 7.70. The third-order valence-electron chi connectivity index (χ3n) is 1.86. The van der Waals surface area contributed by atoms with Gasteiger partial charge in [0.05, 0.1) is 10.9 Å². The van der Waals surface area contributed by atoms with Gasteiger partial charge in [0.2, 0.25) is 0 Å². The number of Topliss-reactive ketones (excluding diaryl/α,β-unsaturated/α-hetero) is 1. The summed E-state index contributed by atoms with van der Waals surface area (Å²) in [5, 5.41) is -0.950. The molecule has 0 aromatic heterocycles. The zero-order valence-corrected chi connectivity index (χ0v) is 9.47. The molecule has 1 rings (SSSR count). The normalized spacial score (nSPS) is 13.2. The number of halogens is 4. The fraction of sp³-hybridized carbons (Fsp3) is 0.300. The highest BCUT2D eigenvalue weighted by Crippen LogP contribution is 2.29. The van der Waals surface area contributed by atoms with Gasteiger partial charge in [-0.2, -0.15) is 0 Å². The highest BCUT2D eigenvalue weighted by molar-refractivity contribution is 6.34. The SMILES string of the molecule is CC(Cl)C(=O)c1ccc(N)cc1OC(F)(F)F. The van der Waals surface area contributed by atoms with Crippen LogP contribution in [0, 0.1) is 0 Å². The predicted molar refractivity (Wildman–Crippen MR) is 57.2 cm³/mol. The van der Waals surface area contributed by atoms with Gasteiger partial charge in [-0.25, -0.2) is 0 Å². The molecule has 7 heteroatoms. The lowest BCUT2D eigenvalue weighted by Crippen LogP contribution is -2.20. The molecule has 2 N–H and O–H groups in total. The molecule has 0 spiro atoms. The maximum atomic E-state index is 12.1. The number of alkyl halides is 4. The van der Waals surface area contributed by atoms with Crippen LogP contribution < -0.4 is 10.5 Å². The maximum Gasteiger partial charge on any atom is 0.573 e. The van der Waals surface area contributed by atoms with E-state index in [1.165, 1.54) is 13.0 Å². The van der Waals surface area contributed by atoms with E-state index < -0.39 is 23.3 Å². The molecule has 0 heterocycles. The number of hydrogen-bond donors (Lipinski definition) is 1. The molecule has 3 nitrogen and oxygen atoms in total. The van der Waals surface area contributed by atoms with Crippen molar-refractivity contribution in [2.75, 3.05) is 5.73 Å². The largest absolute Gasteiger partial charge is 0.573 e. The minimum Gasteiger partial charge on any atom is -0.405 e. The second-order valence-corrected chi connectivity index (χ2v) is 3.94. The van der Waals surface area contributed by atoms with Crippen molar-refractivity contribution in [1.29, 1.82) is 0 Å². The third-order valence-corrected chi connectivity index (χ3v) is 2.06. The molecule has 1 aromatic carbocycles. The number of anilines is 1. The van der Waals surface area contributed by atoms with Crippen LogP contribution in [0.25, 0.3) is 0 Å². The molecule has 0 amide bonds. The summed E-state index contributed by atoms with van der Waals surface area (Å²) >= 11 is 5.53. The molecular formula is C10H9ClF3NO2. The molecule has 0 fully saturated rings. The van der Waals surface area contributed by atoms with Gasteiger partial charge in [-0.3, -0.25) is 4.79 Å². The molecule has 0 bridgehead atoms. The van der Waals surface area contributed by atoms with Crippen LogP contribution in [-0.4, -0.2) is 17.5 Å². The van der Waals surface area contributed by atoms with Crippen molar-refractivity contribution in [2.45, 2.75) is 18.7 Å². The van der Waals surface area contributed by atoms with Crippen molar-refractivity contribution < 1.29 is 22.7 Å². The number of ketones is 1. The Hall–Kier alpha value is -1.43. The van der Waals surface area contributed by atoms with E-state index in [0.29, 0.717) is 0 Å². The fourth-order valence-corrected chi connectivity index (χ4v) is 1.28. The molecule has 1 aromatic rings. The zero-order chi connectivity index (χ0) is 13.2. The summed E-state index contributed by atoms with van der Waals surface area (Å²) in [5.41, 5.74) is 5.14. The number of ether oxygens (including phenoxy) is 1. The summed E-state index contributed by atoms with van der Waals surface area (Å²) in [6, 6.07) is 3.38. The number of benzene rings is 1. The molecule has 94 valence electrons. The average molecular weight is 268 g/mol. The van der Waals surface area contributed by atoms with Gasteiger partial charge in [-0.05, 0) is 19.1 Å². The van der Waals surface area contributed by atoms with E-state index in [4.69, 9.17) is 17.3 Å². The van der Waals surface area contributed by atoms with E-state index in [2.05, 4.69) is 4.74 Å². The standard InChI is InChI=1S/C10H9ClF3NO2/c1-5(11)9(16)7-3-2-6(15)4-8(7)17-10(12,13)14/h2-5H,15H2,1H3. The minimum absolute atomic E-state index is 0.0584. The summed E-state index contributed by atoms with van der Waals surface area (Å²) in [5.74, 6) is -1.30. The van der Waals surface area contributed by atoms with Crippen LogP contribution in [0.4, 0.5) is 18.9 Å². The molecule has 0 aliphatic heterocycles. The van der Waals surface area contributed by atoms with Crippen molar-refractivity contribution in [3.05, 3.63) is 23.8 Å². The van der Waals surface area contributed by atoms with E-state index in [9.17, 15) is 18.0 Å². The summed E-state index contributed by atoms with van der Waals surface area (Å²) in [6.07, 6.45) is -4.89. The van der Waals surface area contributed by atoms with Crippen molar-refractivity contribution in [3.8, 4) is 5.75 Å². The van der Waals surface area contributed by atoms with Crippen LogP contribution in [0.2, 0.25) is 0 Å². The lowest BCUT2D eigenvalue weighted by molar-refractivity contribution is -0.274. The summed E-state index contributed by atoms with van der Waals surface area (Å²) in [4.78, 5) is 11.5. The monoisotopic (exact) mass is 267 g/mol. The molecule has 0 saturated carbocycles. The first-order valence-electron chi connectivity index (χ1n) is 4.54. The highest BCUT2D eigenvalue weighted by Gasteiger charge is 2.33. The molecule has 17 heavy (non-hydrogen) atoms. The van der Waals surface area contributed by atoms with Gasteiger partial charge in [-0.1, -0.05) is 0 Å². The van der Waals surface area contributed by atoms with Crippen LogP contribution in [-0.2, 0) is 0 Å². The Morgan fingerprint density at radius 2 is 2.06 bits per heavy atom. The lowest BCUT2D eigenvalue weighted by Gasteiger charge is -2.13. The Bertz CT molecular complexity index is 432. The number of nitrogen functional groups attached to an aromatic ring is 1. The summed E-state index contributed by atoms with van der Waals surface area (Å²) in [7, 11) is 0. The van der Waals surface area contributed by atoms with Crippen LogP contribution in [0.5, 0.6) is 5.75 Å². The highest BCUT2D eigenvalue weighted by atomic mass is 35.5. The van der Waals surface area contributed by atoms with Crippen LogP contribution in [0.15, 0.2) is 18.2 Å². The van der Waals surface area contributed by atoms with Crippen molar-refractivity contribution in [3.63, 3.8) is 0 Å². The van der Waals surface area contributed by atoms with Gasteiger partial charge in [0.1, 0.15) is 5.75 Å². The Morgan fingerprint density at radius 3 is 2.53 bits per heavy atom. The molecule has 0 saturated heterocycles. The van der Waals surface area contributed by atoms with E-state index in [1.54, 1.807) is 0 Å². The lowest BCUT2D eigenvalue weighted by atomic mass is 10.1. The maximum absolute atomic E-state index is 12.1. The Kier molecular flexibility index (Phi) is 3.87. The quantitative estimate of drug-likeness (QED) is 0.520. The van der Waals surface area contributed by atoms with Crippen LogP contribution in [0.3, 0.4) is 0 Å². The number of nitrogens with two attached hydrogens (primary N) is 1. The Balaban J connectivity index is 3.17. The van der Waals surface area contributed by atoms with Gasteiger partial charge >= 0.3 is 6.36 Å². The van der Waals surface area contributed by atoms with Gasteiger partial charge in [0.15, 0.2) is 5.78 Å². The molecule has 1 unspecified atom stereocenters. The zero-order valence-electron chi connectivity index (χ0n) is 8.72. The third kappa shape index (κ3) is 3.81. The van der Waals surface area contributed by atoms with Gasteiger partial charge < -0.3 is 10.5 Å². The van der Waals surface area contributed by atoms with Crippen molar-refractivity contribution >= 4 is 23.1 Å². The van der Waals surface area contributed by atoms with Gasteiger partial charge in [0, 0.05) is 11.8 Å². The first kappa shape index (κ1) is 13.6. The topological polar surface area (TPSA) is 52.3 Å². The number of hydrogen-bond acceptors (Lipinski definition) is 3. The van der Waals surface area contributed by atoms with Gasteiger partial charge in [-0.15, -0.1) is 24.8 Å². The van der Waals surface area contributed by atoms with Crippen molar-refractivity contribution in [2.24, 2.45) is 0 Å². The second kappa shape index (κ2) is 4.83. The van der Waals surface area contributed by atoms with Crippen LogP contribution >= 0.6 is 11.6 Å². The predicted octanol–water partition coefficient (Wildman–Crippen LogP) is 2.98. The minimum atomic E-state index is -4.89. The fourth-order valence-electron chi connectivity index (χ4n) is 1.17. The number of carbonyl (C=O) groups is 1. The average Bonchev–Trinajstić information content (AvgIpc) is 2.14. The van der Waals surface area contributed by atoms with E-state index in [0.717, 1.165) is 12.1 Å². The Labute approximate surface area is 100 Å².